The molecule has 114 valence electrons. The minimum absolute atomic E-state index is 0.0289. The molecule has 0 saturated heterocycles. The van der Waals surface area contributed by atoms with Crippen LogP contribution in [-0.2, 0) is 4.79 Å². The molecule has 1 heterocycles. The first kappa shape index (κ1) is 14.5. The second-order valence-corrected chi connectivity index (χ2v) is 5.52. The first-order chi connectivity index (χ1) is 10.6. The molecule has 1 saturated carbocycles. The molecule has 1 aliphatic carbocycles. The van der Waals surface area contributed by atoms with Crippen LogP contribution in [0, 0.1) is 5.92 Å². The Kier molecular flexibility index (Phi) is 4.02. The van der Waals surface area contributed by atoms with Crippen molar-refractivity contribution in [3.8, 4) is 5.69 Å². The summed E-state index contributed by atoms with van der Waals surface area (Å²) in [6, 6.07) is 7.08. The Morgan fingerprint density at radius 1 is 1.27 bits per heavy atom. The van der Waals surface area contributed by atoms with Crippen molar-refractivity contribution in [3.63, 3.8) is 0 Å². The second-order valence-electron chi connectivity index (χ2n) is 5.52. The van der Waals surface area contributed by atoms with Gasteiger partial charge in [-0.05, 0) is 37.1 Å². The molecule has 1 aromatic carbocycles. The molecule has 1 fully saturated rings. The number of aromatic nitrogens is 2. The van der Waals surface area contributed by atoms with E-state index >= 15 is 0 Å². The van der Waals surface area contributed by atoms with Crippen LogP contribution < -0.4 is 16.6 Å². The van der Waals surface area contributed by atoms with Gasteiger partial charge in [-0.15, -0.1) is 0 Å². The fraction of sp³-hybridized carbons (Fsp3) is 0.312. The summed E-state index contributed by atoms with van der Waals surface area (Å²) in [6.45, 7) is 0. The van der Waals surface area contributed by atoms with Crippen molar-refractivity contribution in [1.29, 1.82) is 0 Å². The standard InChI is InChI=1S/C16H18N4O2/c17-14-3-1-2-13(14)16(22)19-11-4-6-12(7-5-11)20-9-8-18-10-15(20)21/h4-10,13-14H,1-3,17H2,(H,19,22). The van der Waals surface area contributed by atoms with Gasteiger partial charge >= 0.3 is 0 Å². The van der Waals surface area contributed by atoms with Gasteiger partial charge in [-0.3, -0.25) is 19.1 Å². The minimum Gasteiger partial charge on any atom is -0.327 e. The Hall–Kier alpha value is -2.47. The van der Waals surface area contributed by atoms with Crippen molar-refractivity contribution in [2.45, 2.75) is 25.3 Å². The van der Waals surface area contributed by atoms with Gasteiger partial charge in [0.25, 0.3) is 5.56 Å². The maximum atomic E-state index is 12.2. The highest BCUT2D eigenvalue weighted by Gasteiger charge is 2.30. The van der Waals surface area contributed by atoms with E-state index in [1.807, 2.05) is 0 Å². The average Bonchev–Trinajstić information content (AvgIpc) is 2.95. The summed E-state index contributed by atoms with van der Waals surface area (Å²) in [7, 11) is 0. The number of rotatable bonds is 3. The van der Waals surface area contributed by atoms with E-state index < -0.39 is 0 Å². The van der Waals surface area contributed by atoms with E-state index in [9.17, 15) is 9.59 Å². The lowest BCUT2D eigenvalue weighted by molar-refractivity contribution is -0.120. The fourth-order valence-corrected chi connectivity index (χ4v) is 2.82. The summed E-state index contributed by atoms with van der Waals surface area (Å²) in [5.41, 5.74) is 7.18. The zero-order chi connectivity index (χ0) is 15.5. The largest absolute Gasteiger partial charge is 0.327 e. The monoisotopic (exact) mass is 298 g/mol. The smallest absolute Gasteiger partial charge is 0.273 e. The molecular weight excluding hydrogens is 280 g/mol. The highest BCUT2D eigenvalue weighted by atomic mass is 16.2. The highest BCUT2D eigenvalue weighted by molar-refractivity contribution is 5.93. The maximum Gasteiger partial charge on any atom is 0.273 e. The van der Waals surface area contributed by atoms with Crippen LogP contribution in [0.25, 0.3) is 5.69 Å². The molecule has 3 rings (SSSR count). The van der Waals surface area contributed by atoms with E-state index in [0.717, 1.165) is 24.9 Å². The van der Waals surface area contributed by atoms with Crippen LogP contribution in [0.1, 0.15) is 19.3 Å². The molecule has 1 amide bonds. The van der Waals surface area contributed by atoms with Crippen LogP contribution in [-0.4, -0.2) is 21.5 Å². The normalized spacial score (nSPS) is 20.8. The first-order valence-electron chi connectivity index (χ1n) is 7.35. The first-order valence-corrected chi connectivity index (χ1v) is 7.35. The van der Waals surface area contributed by atoms with E-state index in [1.165, 1.54) is 10.8 Å². The Labute approximate surface area is 128 Å². The van der Waals surface area contributed by atoms with Gasteiger partial charge in [0.2, 0.25) is 5.91 Å². The van der Waals surface area contributed by atoms with Gasteiger partial charge < -0.3 is 11.1 Å². The van der Waals surface area contributed by atoms with Gasteiger partial charge in [0.05, 0.1) is 12.1 Å². The fourth-order valence-electron chi connectivity index (χ4n) is 2.82. The van der Waals surface area contributed by atoms with E-state index in [4.69, 9.17) is 5.73 Å². The Morgan fingerprint density at radius 3 is 2.68 bits per heavy atom. The summed E-state index contributed by atoms with van der Waals surface area (Å²) >= 11 is 0. The molecule has 0 bridgehead atoms. The maximum absolute atomic E-state index is 12.2. The molecule has 2 aromatic rings. The van der Waals surface area contributed by atoms with Crippen LogP contribution in [0.3, 0.4) is 0 Å². The third-order valence-corrected chi connectivity index (χ3v) is 4.04. The number of nitrogens with one attached hydrogen (secondary N) is 1. The molecule has 0 aliphatic heterocycles. The number of benzene rings is 1. The minimum atomic E-state index is -0.198. The third kappa shape index (κ3) is 2.92. The van der Waals surface area contributed by atoms with E-state index in [0.29, 0.717) is 5.69 Å². The number of anilines is 1. The number of hydrogen-bond acceptors (Lipinski definition) is 4. The van der Waals surface area contributed by atoms with Crippen molar-refractivity contribution in [2.75, 3.05) is 5.32 Å². The molecule has 2 atom stereocenters. The van der Waals surface area contributed by atoms with Crippen LogP contribution in [0.15, 0.2) is 47.7 Å². The molecule has 22 heavy (non-hydrogen) atoms. The summed E-state index contributed by atoms with van der Waals surface area (Å²) in [4.78, 5) is 27.7. The molecule has 3 N–H and O–H groups in total. The van der Waals surface area contributed by atoms with Crippen molar-refractivity contribution < 1.29 is 4.79 Å². The number of carbonyl (C=O) groups excluding carboxylic acids is 1. The van der Waals surface area contributed by atoms with Gasteiger partial charge in [0.15, 0.2) is 0 Å². The lowest BCUT2D eigenvalue weighted by atomic mass is 10.0. The number of nitrogens with zero attached hydrogens (tertiary/aromatic N) is 2. The predicted octanol–water partition coefficient (Wildman–Crippen LogP) is 1.30. The quantitative estimate of drug-likeness (QED) is 0.893. The number of nitrogens with two attached hydrogens (primary N) is 1. The topological polar surface area (TPSA) is 90.0 Å². The van der Waals surface area contributed by atoms with Gasteiger partial charge in [-0.2, -0.15) is 0 Å². The average molecular weight is 298 g/mol. The molecule has 1 aliphatic rings. The Balaban J connectivity index is 1.73. The molecule has 6 heteroatoms. The summed E-state index contributed by atoms with van der Waals surface area (Å²) in [6.07, 6.45) is 7.17. The van der Waals surface area contributed by atoms with E-state index in [1.54, 1.807) is 36.7 Å². The van der Waals surface area contributed by atoms with E-state index in [2.05, 4.69) is 10.3 Å². The van der Waals surface area contributed by atoms with Gasteiger partial charge in [-0.25, -0.2) is 0 Å². The van der Waals surface area contributed by atoms with Crippen molar-refractivity contribution in [1.82, 2.24) is 9.55 Å². The predicted molar refractivity (Wildman–Crippen MR) is 83.8 cm³/mol. The molecular formula is C16H18N4O2. The lowest BCUT2D eigenvalue weighted by Crippen LogP contribution is -2.34. The number of hydrogen-bond donors (Lipinski definition) is 2. The Morgan fingerprint density at radius 2 is 2.05 bits per heavy atom. The van der Waals surface area contributed by atoms with Crippen molar-refractivity contribution in [3.05, 3.63) is 53.2 Å². The highest BCUT2D eigenvalue weighted by Crippen LogP contribution is 2.25. The molecule has 0 spiro atoms. The van der Waals surface area contributed by atoms with Crippen LogP contribution in [0.5, 0.6) is 0 Å². The zero-order valence-corrected chi connectivity index (χ0v) is 12.1. The lowest BCUT2D eigenvalue weighted by Gasteiger charge is -2.15. The van der Waals surface area contributed by atoms with Crippen molar-refractivity contribution in [2.24, 2.45) is 11.7 Å². The Bertz CT molecular complexity index is 723. The SMILES string of the molecule is NC1CCCC1C(=O)Nc1ccc(-n2ccncc2=O)cc1. The van der Waals surface area contributed by atoms with Gasteiger partial charge in [0.1, 0.15) is 0 Å². The summed E-state index contributed by atoms with van der Waals surface area (Å²) in [5.74, 6) is -0.138. The van der Waals surface area contributed by atoms with Crippen LogP contribution in [0.2, 0.25) is 0 Å². The molecule has 0 radical (unpaired) electrons. The van der Waals surface area contributed by atoms with Crippen LogP contribution >= 0.6 is 0 Å². The molecule has 1 aromatic heterocycles. The number of amides is 1. The molecule has 2 unspecified atom stereocenters. The van der Waals surface area contributed by atoms with Gasteiger partial charge in [-0.1, -0.05) is 6.42 Å². The van der Waals surface area contributed by atoms with E-state index in [-0.39, 0.29) is 23.4 Å². The molecule has 6 nitrogen and oxygen atoms in total. The van der Waals surface area contributed by atoms with Crippen LogP contribution in [0.4, 0.5) is 5.69 Å². The summed E-state index contributed by atoms with van der Waals surface area (Å²) in [5, 5.41) is 2.89. The zero-order valence-electron chi connectivity index (χ0n) is 12.1. The number of carbonyl (C=O) groups is 1. The second kappa shape index (κ2) is 6.11. The van der Waals surface area contributed by atoms with Crippen molar-refractivity contribution >= 4 is 11.6 Å². The summed E-state index contributed by atoms with van der Waals surface area (Å²) < 4.78 is 1.49. The van der Waals surface area contributed by atoms with Gasteiger partial charge in [0, 0.05) is 29.8 Å². The third-order valence-electron chi connectivity index (χ3n) is 4.04.